The summed E-state index contributed by atoms with van der Waals surface area (Å²) in [5.41, 5.74) is 0.114. The summed E-state index contributed by atoms with van der Waals surface area (Å²) in [4.78, 5) is 24.7. The van der Waals surface area contributed by atoms with E-state index in [0.29, 0.717) is 13.2 Å². The fraction of sp³-hybridized carbons (Fsp3) is 0.778. The monoisotopic (exact) mass is 311 g/mol. The number of carbonyl (C=O) groups is 2. The maximum absolute atomic E-state index is 11.9. The largest absolute Gasteiger partial charge is 0.465 e. The summed E-state index contributed by atoms with van der Waals surface area (Å²) in [6.45, 7) is 10.8. The number of unbranched alkanes of at least 4 members (excludes halogenated alkanes) is 1. The molecule has 0 fully saturated rings. The Bertz CT molecular complexity index is 354. The Morgan fingerprint density at radius 2 is 1.86 bits per heavy atom. The van der Waals surface area contributed by atoms with Crippen LogP contribution in [0.4, 0.5) is 0 Å². The number of ether oxygens (including phenoxy) is 1. The standard InChI is InChI=1S/C18H33NO3/c1-6-10-13-18(9-4,12-7-2)15-22-17(21)11-14-19(5)16(20)8-3/h8H,3,6-7,9-15H2,1-2,4-5H3. The smallest absolute Gasteiger partial charge is 0.307 e. The van der Waals surface area contributed by atoms with Gasteiger partial charge in [0.25, 0.3) is 0 Å². The quantitative estimate of drug-likeness (QED) is 0.405. The van der Waals surface area contributed by atoms with E-state index in [-0.39, 0.29) is 23.7 Å². The summed E-state index contributed by atoms with van der Waals surface area (Å²) in [5, 5.41) is 0. The first-order valence-corrected chi connectivity index (χ1v) is 8.47. The van der Waals surface area contributed by atoms with Crippen molar-refractivity contribution in [2.45, 2.75) is 65.7 Å². The van der Waals surface area contributed by atoms with Crippen molar-refractivity contribution in [1.82, 2.24) is 4.90 Å². The molecule has 0 N–H and O–H groups in total. The van der Waals surface area contributed by atoms with Gasteiger partial charge in [-0.15, -0.1) is 0 Å². The lowest BCUT2D eigenvalue weighted by atomic mass is 9.77. The number of amides is 1. The van der Waals surface area contributed by atoms with Crippen LogP contribution >= 0.6 is 0 Å². The normalized spacial score (nSPS) is 13.3. The summed E-state index contributed by atoms with van der Waals surface area (Å²) < 4.78 is 5.51. The zero-order valence-corrected chi connectivity index (χ0v) is 14.8. The second-order valence-corrected chi connectivity index (χ2v) is 6.08. The fourth-order valence-corrected chi connectivity index (χ4v) is 2.64. The second kappa shape index (κ2) is 11.3. The van der Waals surface area contributed by atoms with Crippen LogP contribution in [0, 0.1) is 5.41 Å². The molecule has 0 spiro atoms. The summed E-state index contributed by atoms with van der Waals surface area (Å²) >= 11 is 0. The molecule has 0 saturated heterocycles. The van der Waals surface area contributed by atoms with Crippen LogP contribution in [0.25, 0.3) is 0 Å². The molecule has 0 aliphatic rings. The molecule has 0 aromatic heterocycles. The fourth-order valence-electron chi connectivity index (χ4n) is 2.64. The van der Waals surface area contributed by atoms with Gasteiger partial charge in [-0.1, -0.05) is 46.6 Å². The van der Waals surface area contributed by atoms with Crippen LogP contribution in [0.2, 0.25) is 0 Å². The number of nitrogens with zero attached hydrogens (tertiary/aromatic N) is 1. The van der Waals surface area contributed by atoms with Gasteiger partial charge in [-0.3, -0.25) is 9.59 Å². The summed E-state index contributed by atoms with van der Waals surface area (Å²) in [5.74, 6) is -0.404. The number of esters is 1. The number of rotatable bonds is 12. The lowest BCUT2D eigenvalue weighted by Gasteiger charge is -2.32. The molecule has 0 bridgehead atoms. The van der Waals surface area contributed by atoms with Crippen LogP contribution in [-0.2, 0) is 14.3 Å². The Balaban J connectivity index is 4.36. The van der Waals surface area contributed by atoms with E-state index in [1.807, 2.05) is 0 Å². The van der Waals surface area contributed by atoms with Crippen molar-refractivity contribution >= 4 is 11.9 Å². The molecule has 4 heteroatoms. The van der Waals surface area contributed by atoms with Crippen LogP contribution < -0.4 is 0 Å². The van der Waals surface area contributed by atoms with Gasteiger partial charge in [-0.25, -0.2) is 0 Å². The van der Waals surface area contributed by atoms with Crippen molar-refractivity contribution < 1.29 is 14.3 Å². The number of carbonyl (C=O) groups excluding carboxylic acids is 2. The van der Waals surface area contributed by atoms with Gasteiger partial charge >= 0.3 is 5.97 Å². The van der Waals surface area contributed by atoms with Crippen LogP contribution in [0.5, 0.6) is 0 Å². The summed E-state index contributed by atoms with van der Waals surface area (Å²) in [6, 6.07) is 0. The van der Waals surface area contributed by atoms with Crippen molar-refractivity contribution in [1.29, 1.82) is 0 Å². The first-order chi connectivity index (χ1) is 10.4. The van der Waals surface area contributed by atoms with Crippen LogP contribution in [0.1, 0.15) is 65.7 Å². The Kier molecular flexibility index (Phi) is 10.6. The van der Waals surface area contributed by atoms with E-state index in [9.17, 15) is 9.59 Å². The molecule has 0 radical (unpaired) electrons. The third-order valence-corrected chi connectivity index (χ3v) is 4.33. The molecule has 4 nitrogen and oxygen atoms in total. The zero-order valence-electron chi connectivity index (χ0n) is 14.8. The van der Waals surface area contributed by atoms with Crippen molar-refractivity contribution in [2.24, 2.45) is 5.41 Å². The number of hydrogen-bond acceptors (Lipinski definition) is 3. The number of hydrogen-bond donors (Lipinski definition) is 0. The molecule has 0 aromatic rings. The average molecular weight is 311 g/mol. The van der Waals surface area contributed by atoms with E-state index < -0.39 is 0 Å². The Labute approximate surface area is 135 Å². The highest BCUT2D eigenvalue weighted by Gasteiger charge is 2.28. The molecule has 0 aromatic carbocycles. The van der Waals surface area contributed by atoms with Gasteiger partial charge in [0.05, 0.1) is 13.0 Å². The van der Waals surface area contributed by atoms with Gasteiger partial charge in [0.2, 0.25) is 5.91 Å². The lowest BCUT2D eigenvalue weighted by Crippen LogP contribution is -2.30. The first kappa shape index (κ1) is 20.7. The Morgan fingerprint density at radius 3 is 2.36 bits per heavy atom. The zero-order chi connectivity index (χ0) is 17.0. The second-order valence-electron chi connectivity index (χ2n) is 6.08. The number of likely N-dealkylation sites (N-methyl/N-ethyl adjacent to an activating group) is 1. The van der Waals surface area contributed by atoms with E-state index >= 15 is 0 Å². The minimum atomic E-state index is -0.228. The molecule has 0 saturated carbocycles. The Morgan fingerprint density at radius 1 is 1.18 bits per heavy atom. The van der Waals surface area contributed by atoms with E-state index in [1.165, 1.54) is 17.4 Å². The van der Waals surface area contributed by atoms with E-state index in [4.69, 9.17) is 4.74 Å². The Hall–Kier alpha value is -1.32. The molecule has 1 atom stereocenters. The molecule has 0 aliphatic carbocycles. The van der Waals surface area contributed by atoms with Crippen LogP contribution in [0.3, 0.4) is 0 Å². The third-order valence-electron chi connectivity index (χ3n) is 4.33. The summed E-state index contributed by atoms with van der Waals surface area (Å²) in [6.07, 6.45) is 8.14. The van der Waals surface area contributed by atoms with Gasteiger partial charge in [-0.2, -0.15) is 0 Å². The van der Waals surface area contributed by atoms with Crippen molar-refractivity contribution in [3.8, 4) is 0 Å². The highest BCUT2D eigenvalue weighted by molar-refractivity contribution is 5.87. The topological polar surface area (TPSA) is 46.6 Å². The lowest BCUT2D eigenvalue weighted by molar-refractivity contribution is -0.148. The SMILES string of the molecule is C=CC(=O)N(C)CCC(=O)OCC(CC)(CCC)CCCC. The molecular weight excluding hydrogens is 278 g/mol. The molecule has 1 amide bonds. The minimum Gasteiger partial charge on any atom is -0.465 e. The maximum Gasteiger partial charge on any atom is 0.307 e. The summed E-state index contributed by atoms with van der Waals surface area (Å²) in [7, 11) is 1.66. The molecule has 128 valence electrons. The minimum absolute atomic E-state index is 0.114. The van der Waals surface area contributed by atoms with Crippen molar-refractivity contribution in [2.75, 3.05) is 20.2 Å². The van der Waals surface area contributed by atoms with Crippen LogP contribution in [-0.4, -0.2) is 37.0 Å². The molecule has 0 heterocycles. The average Bonchev–Trinajstić information content (AvgIpc) is 2.54. The first-order valence-electron chi connectivity index (χ1n) is 8.47. The highest BCUT2D eigenvalue weighted by atomic mass is 16.5. The van der Waals surface area contributed by atoms with Gasteiger partial charge < -0.3 is 9.64 Å². The van der Waals surface area contributed by atoms with Crippen LogP contribution in [0.15, 0.2) is 12.7 Å². The van der Waals surface area contributed by atoms with Gasteiger partial charge in [0.15, 0.2) is 0 Å². The molecule has 22 heavy (non-hydrogen) atoms. The van der Waals surface area contributed by atoms with Crippen molar-refractivity contribution in [3.63, 3.8) is 0 Å². The predicted molar refractivity (Wildman–Crippen MR) is 90.6 cm³/mol. The molecule has 0 rings (SSSR count). The van der Waals surface area contributed by atoms with Gasteiger partial charge in [0, 0.05) is 19.0 Å². The van der Waals surface area contributed by atoms with Gasteiger partial charge in [-0.05, 0) is 25.3 Å². The highest BCUT2D eigenvalue weighted by Crippen LogP contribution is 2.34. The predicted octanol–water partition coefficient (Wildman–Crippen LogP) is 3.95. The van der Waals surface area contributed by atoms with E-state index in [2.05, 4.69) is 27.4 Å². The molecule has 1 unspecified atom stereocenters. The van der Waals surface area contributed by atoms with Crippen molar-refractivity contribution in [3.05, 3.63) is 12.7 Å². The molecular formula is C18H33NO3. The third kappa shape index (κ3) is 7.62. The van der Waals surface area contributed by atoms with Gasteiger partial charge in [0.1, 0.15) is 0 Å². The maximum atomic E-state index is 11.9. The molecule has 0 aliphatic heterocycles. The van der Waals surface area contributed by atoms with E-state index in [1.54, 1.807) is 7.05 Å². The van der Waals surface area contributed by atoms with E-state index in [0.717, 1.165) is 32.1 Å².